The van der Waals surface area contributed by atoms with Crippen molar-refractivity contribution in [1.29, 1.82) is 0 Å². The lowest BCUT2D eigenvalue weighted by atomic mass is 10.1. The summed E-state index contributed by atoms with van der Waals surface area (Å²) in [6, 6.07) is 3.86. The van der Waals surface area contributed by atoms with Crippen LogP contribution < -0.4 is 11.1 Å². The van der Waals surface area contributed by atoms with Crippen molar-refractivity contribution in [1.82, 2.24) is 0 Å². The third kappa shape index (κ3) is 4.70. The van der Waals surface area contributed by atoms with Crippen molar-refractivity contribution in [2.24, 2.45) is 5.73 Å². The molecule has 0 heterocycles. The normalized spacial score (nSPS) is 13.2. The first-order valence-corrected chi connectivity index (χ1v) is 5.90. The number of alkyl halides is 3. The van der Waals surface area contributed by atoms with Gasteiger partial charge in [-0.3, -0.25) is 0 Å². The van der Waals surface area contributed by atoms with Crippen molar-refractivity contribution >= 4 is 34.5 Å². The zero-order valence-corrected chi connectivity index (χ0v) is 11.1. The van der Waals surface area contributed by atoms with E-state index in [4.69, 9.17) is 29.6 Å². The molecule has 7 heteroatoms. The molecule has 1 aromatic carbocycles. The number of nitrogens with two attached hydrogens (primary N) is 1. The Labute approximate surface area is 113 Å². The van der Waals surface area contributed by atoms with Gasteiger partial charge in [-0.2, -0.15) is 13.2 Å². The molecule has 100 valence electrons. The fraction of sp³-hybridized carbons (Fsp3) is 0.364. The molecule has 0 radical (unpaired) electrons. The molecule has 0 aliphatic heterocycles. The van der Waals surface area contributed by atoms with Gasteiger partial charge in [0.1, 0.15) is 4.99 Å². The lowest BCUT2D eigenvalue weighted by molar-refractivity contribution is -0.136. The maximum Gasteiger partial charge on any atom is 0.391 e. The van der Waals surface area contributed by atoms with E-state index in [1.165, 1.54) is 13.0 Å². The SMILES string of the molecule is CC(CC(F)(F)F)Nc1ccc(Cl)cc1C(N)=S. The number of benzene rings is 1. The minimum absolute atomic E-state index is 0.0826. The first-order valence-electron chi connectivity index (χ1n) is 5.11. The molecule has 0 aliphatic rings. The summed E-state index contributed by atoms with van der Waals surface area (Å²) in [6.07, 6.45) is -5.16. The largest absolute Gasteiger partial charge is 0.391 e. The molecule has 2 nitrogen and oxygen atoms in total. The number of nitrogens with one attached hydrogen (secondary N) is 1. The van der Waals surface area contributed by atoms with Crippen molar-refractivity contribution in [2.75, 3.05) is 5.32 Å². The number of hydrogen-bond donors (Lipinski definition) is 2. The fourth-order valence-corrected chi connectivity index (χ4v) is 1.85. The highest BCUT2D eigenvalue weighted by Crippen LogP contribution is 2.26. The topological polar surface area (TPSA) is 38.0 Å². The number of thiocarbonyl (C=S) groups is 1. The van der Waals surface area contributed by atoms with E-state index in [-0.39, 0.29) is 4.99 Å². The van der Waals surface area contributed by atoms with Crippen LogP contribution in [0.1, 0.15) is 18.9 Å². The molecule has 3 N–H and O–H groups in total. The lowest BCUT2D eigenvalue weighted by Gasteiger charge is -2.19. The summed E-state index contributed by atoms with van der Waals surface area (Å²) in [7, 11) is 0. The predicted octanol–water partition coefficient (Wildman–Crippen LogP) is 3.73. The van der Waals surface area contributed by atoms with Gasteiger partial charge in [0.15, 0.2) is 0 Å². The van der Waals surface area contributed by atoms with Crippen LogP contribution in [-0.2, 0) is 0 Å². The van der Waals surface area contributed by atoms with Crippen molar-refractivity contribution in [3.8, 4) is 0 Å². The lowest BCUT2D eigenvalue weighted by Crippen LogP contribution is -2.25. The van der Waals surface area contributed by atoms with E-state index in [2.05, 4.69) is 5.32 Å². The van der Waals surface area contributed by atoms with Crippen LogP contribution in [0.25, 0.3) is 0 Å². The Morgan fingerprint density at radius 1 is 1.50 bits per heavy atom. The van der Waals surface area contributed by atoms with E-state index in [9.17, 15) is 13.2 Å². The van der Waals surface area contributed by atoms with Gasteiger partial charge < -0.3 is 11.1 Å². The third-order valence-corrected chi connectivity index (χ3v) is 2.64. The van der Waals surface area contributed by atoms with Crippen LogP contribution >= 0.6 is 23.8 Å². The maximum atomic E-state index is 12.2. The predicted molar refractivity (Wildman–Crippen MR) is 71.1 cm³/mol. The average molecular weight is 297 g/mol. The molecule has 1 atom stereocenters. The number of anilines is 1. The smallest absolute Gasteiger partial charge is 0.389 e. The highest BCUT2D eigenvalue weighted by Gasteiger charge is 2.30. The number of halogens is 4. The molecule has 0 saturated heterocycles. The van der Waals surface area contributed by atoms with E-state index in [1.807, 2.05) is 0 Å². The Balaban J connectivity index is 2.87. The molecule has 1 unspecified atom stereocenters. The van der Waals surface area contributed by atoms with Crippen molar-refractivity contribution in [3.63, 3.8) is 0 Å². The molecule has 0 saturated carbocycles. The van der Waals surface area contributed by atoms with Crippen molar-refractivity contribution < 1.29 is 13.2 Å². The van der Waals surface area contributed by atoms with Crippen LogP contribution in [-0.4, -0.2) is 17.2 Å². The van der Waals surface area contributed by atoms with Crippen LogP contribution in [0.3, 0.4) is 0 Å². The van der Waals surface area contributed by atoms with Crippen LogP contribution in [0.2, 0.25) is 5.02 Å². The monoisotopic (exact) mass is 296 g/mol. The van der Waals surface area contributed by atoms with Gasteiger partial charge >= 0.3 is 6.18 Å². The van der Waals surface area contributed by atoms with Crippen LogP contribution in [0, 0.1) is 0 Å². The minimum atomic E-state index is -4.22. The minimum Gasteiger partial charge on any atom is -0.389 e. The second-order valence-corrected chi connectivity index (χ2v) is 4.80. The van der Waals surface area contributed by atoms with Gasteiger partial charge in [0.2, 0.25) is 0 Å². The quantitative estimate of drug-likeness (QED) is 0.832. The summed E-state index contributed by atoms with van der Waals surface area (Å²) >= 11 is 10.6. The second kappa shape index (κ2) is 5.75. The van der Waals surface area contributed by atoms with Crippen LogP contribution in [0.4, 0.5) is 18.9 Å². The summed E-state index contributed by atoms with van der Waals surface area (Å²) in [5.41, 5.74) is 6.38. The third-order valence-electron chi connectivity index (χ3n) is 2.19. The molecule has 18 heavy (non-hydrogen) atoms. The van der Waals surface area contributed by atoms with Gasteiger partial charge in [0.25, 0.3) is 0 Å². The maximum absolute atomic E-state index is 12.2. The molecule has 0 aliphatic carbocycles. The van der Waals surface area contributed by atoms with Gasteiger partial charge in [-0.15, -0.1) is 0 Å². The van der Waals surface area contributed by atoms with E-state index in [1.54, 1.807) is 12.1 Å². The Morgan fingerprint density at radius 2 is 2.11 bits per heavy atom. The Morgan fingerprint density at radius 3 is 2.61 bits per heavy atom. The first kappa shape index (κ1) is 15.0. The first-order chi connectivity index (χ1) is 8.19. The van der Waals surface area contributed by atoms with Crippen LogP contribution in [0.15, 0.2) is 18.2 Å². The molecule has 1 rings (SSSR count). The van der Waals surface area contributed by atoms with Gasteiger partial charge in [0, 0.05) is 22.3 Å². The average Bonchev–Trinajstić information content (AvgIpc) is 2.17. The van der Waals surface area contributed by atoms with E-state index in [0.717, 1.165) is 0 Å². The number of rotatable bonds is 4. The highest BCUT2D eigenvalue weighted by molar-refractivity contribution is 7.80. The summed E-state index contributed by atoms with van der Waals surface area (Å²) < 4.78 is 36.7. The van der Waals surface area contributed by atoms with E-state index >= 15 is 0 Å². The Bertz CT molecular complexity index is 448. The molecule has 0 spiro atoms. The fourth-order valence-electron chi connectivity index (χ4n) is 1.51. The zero-order chi connectivity index (χ0) is 13.9. The van der Waals surface area contributed by atoms with Crippen molar-refractivity contribution in [2.45, 2.75) is 25.6 Å². The molecule has 0 amide bonds. The second-order valence-electron chi connectivity index (χ2n) is 3.92. The Hall–Kier alpha value is -1.01. The van der Waals surface area contributed by atoms with Gasteiger partial charge in [-0.05, 0) is 25.1 Å². The zero-order valence-electron chi connectivity index (χ0n) is 9.51. The Kier molecular flexibility index (Phi) is 4.81. The van der Waals surface area contributed by atoms with Crippen LogP contribution in [0.5, 0.6) is 0 Å². The molecule has 1 aromatic rings. The van der Waals surface area contributed by atoms with E-state index in [0.29, 0.717) is 16.3 Å². The van der Waals surface area contributed by atoms with Gasteiger partial charge in [0.05, 0.1) is 6.42 Å². The van der Waals surface area contributed by atoms with Crippen molar-refractivity contribution in [3.05, 3.63) is 28.8 Å². The molecular formula is C11H12ClF3N2S. The molecule has 0 fully saturated rings. The van der Waals surface area contributed by atoms with Gasteiger partial charge in [-0.1, -0.05) is 23.8 Å². The summed E-state index contributed by atoms with van der Waals surface area (Å²) in [6.45, 7) is 1.44. The van der Waals surface area contributed by atoms with Gasteiger partial charge in [-0.25, -0.2) is 0 Å². The molecule has 0 aromatic heterocycles. The summed E-state index contributed by atoms with van der Waals surface area (Å²) in [5, 5.41) is 3.15. The molecule has 0 bridgehead atoms. The standard InChI is InChI=1S/C11H12ClF3N2S/c1-6(5-11(13,14)15)17-9-3-2-7(12)4-8(9)10(16)18/h2-4,6,17H,5H2,1H3,(H2,16,18). The highest BCUT2D eigenvalue weighted by atomic mass is 35.5. The number of hydrogen-bond acceptors (Lipinski definition) is 2. The molecular weight excluding hydrogens is 285 g/mol. The summed E-state index contributed by atoms with van der Waals surface area (Å²) in [5.74, 6) is 0. The van der Waals surface area contributed by atoms with E-state index < -0.39 is 18.6 Å². The summed E-state index contributed by atoms with van der Waals surface area (Å²) in [4.78, 5) is 0.0826.